The SMILES string of the molecule is CC1(C)Cc2cc(CN3CCC4(CC3)COC(=O)O4)ccc2O1. The number of benzene rings is 1. The molecular formula is C18H23NO4. The Morgan fingerprint density at radius 1 is 1.17 bits per heavy atom. The van der Waals surface area contributed by atoms with Gasteiger partial charge in [0.05, 0.1) is 0 Å². The number of fused-ring (bicyclic) bond motifs is 1. The number of likely N-dealkylation sites (tertiary alicyclic amines) is 1. The molecule has 1 aromatic rings. The van der Waals surface area contributed by atoms with Crippen molar-refractivity contribution in [3.8, 4) is 5.75 Å². The van der Waals surface area contributed by atoms with Crippen molar-refractivity contribution < 1.29 is 19.0 Å². The molecule has 0 atom stereocenters. The number of hydrogen-bond donors (Lipinski definition) is 0. The molecule has 0 unspecified atom stereocenters. The van der Waals surface area contributed by atoms with E-state index in [-0.39, 0.29) is 11.2 Å². The average Bonchev–Trinajstić information content (AvgIpc) is 3.00. The van der Waals surface area contributed by atoms with Crippen molar-refractivity contribution in [2.24, 2.45) is 0 Å². The van der Waals surface area contributed by atoms with Crippen LogP contribution in [-0.2, 0) is 22.4 Å². The summed E-state index contributed by atoms with van der Waals surface area (Å²) in [6.07, 6.45) is 2.14. The second-order valence-electron chi connectivity index (χ2n) is 7.58. The minimum atomic E-state index is -0.514. The summed E-state index contributed by atoms with van der Waals surface area (Å²) in [5.74, 6) is 1.02. The summed E-state index contributed by atoms with van der Waals surface area (Å²) in [4.78, 5) is 13.6. The topological polar surface area (TPSA) is 48.0 Å². The van der Waals surface area contributed by atoms with Crippen molar-refractivity contribution in [1.29, 1.82) is 0 Å². The van der Waals surface area contributed by atoms with Crippen LogP contribution in [-0.4, -0.2) is 42.0 Å². The van der Waals surface area contributed by atoms with Gasteiger partial charge in [0.25, 0.3) is 0 Å². The van der Waals surface area contributed by atoms with Gasteiger partial charge in [-0.05, 0) is 31.0 Å². The van der Waals surface area contributed by atoms with Crippen molar-refractivity contribution in [2.45, 2.75) is 50.9 Å². The Morgan fingerprint density at radius 2 is 1.96 bits per heavy atom. The monoisotopic (exact) mass is 317 g/mol. The fraction of sp³-hybridized carbons (Fsp3) is 0.611. The Balaban J connectivity index is 1.38. The van der Waals surface area contributed by atoms with Crippen molar-refractivity contribution in [3.05, 3.63) is 29.3 Å². The molecule has 5 heteroatoms. The molecule has 0 bridgehead atoms. The zero-order valence-corrected chi connectivity index (χ0v) is 13.8. The first kappa shape index (κ1) is 14.8. The number of rotatable bonds is 2. The number of carbonyl (C=O) groups is 1. The molecule has 0 aliphatic carbocycles. The Hall–Kier alpha value is -1.75. The quantitative estimate of drug-likeness (QED) is 0.785. The molecule has 0 aromatic heterocycles. The number of piperidine rings is 1. The smallest absolute Gasteiger partial charge is 0.487 e. The van der Waals surface area contributed by atoms with Crippen LogP contribution in [0.4, 0.5) is 4.79 Å². The van der Waals surface area contributed by atoms with E-state index in [2.05, 4.69) is 36.9 Å². The molecule has 5 nitrogen and oxygen atoms in total. The Bertz CT molecular complexity index is 632. The lowest BCUT2D eigenvalue weighted by molar-refractivity contribution is -0.00163. The highest BCUT2D eigenvalue weighted by Crippen LogP contribution is 2.36. The molecule has 2 saturated heterocycles. The van der Waals surface area contributed by atoms with E-state index in [1.807, 2.05) is 0 Å². The van der Waals surface area contributed by atoms with E-state index in [1.165, 1.54) is 11.1 Å². The van der Waals surface area contributed by atoms with Gasteiger partial charge in [-0.2, -0.15) is 0 Å². The maximum atomic E-state index is 11.2. The summed E-state index contributed by atoms with van der Waals surface area (Å²) in [5, 5.41) is 0. The van der Waals surface area contributed by atoms with Crippen molar-refractivity contribution in [3.63, 3.8) is 0 Å². The standard InChI is InChI=1S/C18H23NO4/c1-17(2)10-14-9-13(3-4-15(14)22-17)11-19-7-5-18(6-8-19)12-21-16(20)23-18/h3-4,9H,5-8,10-12H2,1-2H3. The molecule has 1 spiro atoms. The normalized spacial score (nSPS) is 24.9. The lowest BCUT2D eigenvalue weighted by Gasteiger charge is -2.36. The average molecular weight is 317 g/mol. The van der Waals surface area contributed by atoms with Crippen LogP contribution in [0.25, 0.3) is 0 Å². The molecule has 2 fully saturated rings. The summed E-state index contributed by atoms with van der Waals surface area (Å²) >= 11 is 0. The first-order valence-electron chi connectivity index (χ1n) is 8.32. The minimum Gasteiger partial charge on any atom is -0.487 e. The summed E-state index contributed by atoms with van der Waals surface area (Å²) in [6, 6.07) is 6.52. The lowest BCUT2D eigenvalue weighted by Crippen LogP contribution is -2.45. The molecule has 0 radical (unpaired) electrons. The first-order chi connectivity index (χ1) is 10.9. The van der Waals surface area contributed by atoms with Crippen LogP contribution in [0, 0.1) is 0 Å². The molecule has 0 amide bonds. The minimum absolute atomic E-state index is 0.0924. The third-order valence-electron chi connectivity index (χ3n) is 5.05. The number of carbonyl (C=O) groups excluding carboxylic acids is 1. The van der Waals surface area contributed by atoms with E-state index in [0.717, 1.165) is 44.6 Å². The molecule has 1 aromatic carbocycles. The van der Waals surface area contributed by atoms with Crippen LogP contribution in [0.5, 0.6) is 5.75 Å². The largest absolute Gasteiger partial charge is 0.509 e. The van der Waals surface area contributed by atoms with E-state index in [0.29, 0.717) is 6.61 Å². The molecule has 3 aliphatic rings. The van der Waals surface area contributed by atoms with Gasteiger partial charge in [0.2, 0.25) is 0 Å². The predicted molar refractivity (Wildman–Crippen MR) is 84.5 cm³/mol. The van der Waals surface area contributed by atoms with Crippen molar-refractivity contribution in [2.75, 3.05) is 19.7 Å². The van der Waals surface area contributed by atoms with E-state index in [9.17, 15) is 4.79 Å². The first-order valence-corrected chi connectivity index (χ1v) is 8.32. The Kier molecular flexibility index (Phi) is 3.30. The van der Waals surface area contributed by atoms with Crippen LogP contribution < -0.4 is 4.74 Å². The predicted octanol–water partition coefficient (Wildman–Crippen LogP) is 2.90. The summed E-state index contributed by atoms with van der Waals surface area (Å²) in [7, 11) is 0. The highest BCUT2D eigenvalue weighted by atomic mass is 16.8. The summed E-state index contributed by atoms with van der Waals surface area (Å²) in [5.41, 5.74) is 2.16. The van der Waals surface area contributed by atoms with Gasteiger partial charge in [-0.25, -0.2) is 4.79 Å². The van der Waals surface area contributed by atoms with E-state index < -0.39 is 6.16 Å². The zero-order valence-electron chi connectivity index (χ0n) is 13.8. The van der Waals surface area contributed by atoms with Gasteiger partial charge < -0.3 is 14.2 Å². The number of nitrogens with zero attached hydrogens (tertiary/aromatic N) is 1. The molecule has 3 heterocycles. The van der Waals surface area contributed by atoms with Crippen molar-refractivity contribution >= 4 is 6.16 Å². The number of ether oxygens (including phenoxy) is 3. The lowest BCUT2D eigenvalue weighted by atomic mass is 9.92. The number of hydrogen-bond acceptors (Lipinski definition) is 5. The Labute approximate surface area is 136 Å². The van der Waals surface area contributed by atoms with Gasteiger partial charge >= 0.3 is 6.16 Å². The fourth-order valence-electron chi connectivity index (χ4n) is 3.81. The summed E-state index contributed by atoms with van der Waals surface area (Å²) < 4.78 is 16.3. The molecule has 3 aliphatic heterocycles. The third kappa shape index (κ3) is 2.90. The molecule has 0 N–H and O–H groups in total. The molecular weight excluding hydrogens is 294 g/mol. The van der Waals surface area contributed by atoms with Gasteiger partial charge in [0.15, 0.2) is 5.60 Å². The van der Waals surface area contributed by atoms with Gasteiger partial charge in [-0.1, -0.05) is 12.1 Å². The van der Waals surface area contributed by atoms with Crippen LogP contribution in [0.15, 0.2) is 18.2 Å². The third-order valence-corrected chi connectivity index (χ3v) is 5.05. The van der Waals surface area contributed by atoms with E-state index >= 15 is 0 Å². The van der Waals surface area contributed by atoms with Gasteiger partial charge in [-0.15, -0.1) is 0 Å². The molecule has 4 rings (SSSR count). The molecule has 0 saturated carbocycles. The zero-order chi connectivity index (χ0) is 16.1. The van der Waals surface area contributed by atoms with Crippen LogP contribution in [0.2, 0.25) is 0 Å². The maximum absolute atomic E-state index is 11.2. The molecule has 124 valence electrons. The second-order valence-corrected chi connectivity index (χ2v) is 7.58. The van der Waals surface area contributed by atoms with E-state index in [4.69, 9.17) is 14.2 Å². The van der Waals surface area contributed by atoms with Gasteiger partial charge in [-0.3, -0.25) is 4.90 Å². The highest BCUT2D eigenvalue weighted by molar-refractivity contribution is 5.62. The van der Waals surface area contributed by atoms with Crippen LogP contribution in [0.3, 0.4) is 0 Å². The molecule has 23 heavy (non-hydrogen) atoms. The maximum Gasteiger partial charge on any atom is 0.509 e. The highest BCUT2D eigenvalue weighted by Gasteiger charge is 2.44. The van der Waals surface area contributed by atoms with Gasteiger partial charge in [0.1, 0.15) is 18.0 Å². The number of cyclic esters (lactones) is 1. The van der Waals surface area contributed by atoms with Crippen LogP contribution in [0.1, 0.15) is 37.8 Å². The fourth-order valence-corrected chi connectivity index (χ4v) is 3.81. The van der Waals surface area contributed by atoms with Gasteiger partial charge in [0, 0.05) is 38.9 Å². The van der Waals surface area contributed by atoms with E-state index in [1.54, 1.807) is 0 Å². The Morgan fingerprint density at radius 3 is 2.65 bits per heavy atom. The second kappa shape index (κ2) is 5.13. The van der Waals surface area contributed by atoms with Crippen LogP contribution >= 0.6 is 0 Å². The van der Waals surface area contributed by atoms with Crippen molar-refractivity contribution in [1.82, 2.24) is 4.90 Å². The summed E-state index contributed by atoms with van der Waals surface area (Å²) in [6.45, 7) is 7.44.